The average molecular weight is 249 g/mol. The lowest BCUT2D eigenvalue weighted by molar-refractivity contribution is -0.384. The molecule has 0 spiro atoms. The molecular formula is C11H11N3O4. The maximum Gasteiger partial charge on any atom is 0.329 e. The number of nitro benzene ring substituents is 1. The van der Waals surface area contributed by atoms with Crippen LogP contribution in [0.1, 0.15) is 19.9 Å². The second kappa shape index (κ2) is 4.10. The Hall–Kier alpha value is -2.44. The van der Waals surface area contributed by atoms with Gasteiger partial charge in [0, 0.05) is 18.2 Å². The van der Waals surface area contributed by atoms with Crippen molar-refractivity contribution in [3.63, 3.8) is 0 Å². The lowest BCUT2D eigenvalue weighted by atomic mass is 10.2. The van der Waals surface area contributed by atoms with Gasteiger partial charge in [0.2, 0.25) is 0 Å². The zero-order valence-corrected chi connectivity index (χ0v) is 9.84. The average Bonchev–Trinajstić information content (AvgIpc) is 2.27. The van der Waals surface area contributed by atoms with Gasteiger partial charge in [0.25, 0.3) is 11.2 Å². The first-order valence-corrected chi connectivity index (χ1v) is 5.35. The largest absolute Gasteiger partial charge is 0.329 e. The van der Waals surface area contributed by atoms with E-state index < -0.39 is 16.2 Å². The molecule has 0 aliphatic heterocycles. The summed E-state index contributed by atoms with van der Waals surface area (Å²) < 4.78 is 1.03. The maximum atomic E-state index is 12.1. The van der Waals surface area contributed by atoms with E-state index in [0.29, 0.717) is 5.52 Å². The summed E-state index contributed by atoms with van der Waals surface area (Å²) in [6.45, 7) is 3.39. The van der Waals surface area contributed by atoms with Crippen LogP contribution in [0.25, 0.3) is 10.9 Å². The number of nitrogens with zero attached hydrogens (tertiary/aromatic N) is 2. The van der Waals surface area contributed by atoms with Crippen molar-refractivity contribution in [2.24, 2.45) is 0 Å². The van der Waals surface area contributed by atoms with Crippen LogP contribution >= 0.6 is 0 Å². The number of non-ortho nitro benzene ring substituents is 1. The summed E-state index contributed by atoms with van der Waals surface area (Å²) in [7, 11) is 0. The molecule has 1 heterocycles. The summed E-state index contributed by atoms with van der Waals surface area (Å²) in [6.07, 6.45) is 0. The molecule has 0 amide bonds. The molecule has 1 aromatic carbocycles. The fourth-order valence-electron chi connectivity index (χ4n) is 1.80. The molecule has 1 aromatic heterocycles. The summed E-state index contributed by atoms with van der Waals surface area (Å²) in [6, 6.07) is 3.47. The van der Waals surface area contributed by atoms with Crippen molar-refractivity contribution >= 4 is 16.6 Å². The van der Waals surface area contributed by atoms with Crippen molar-refractivity contribution in [1.29, 1.82) is 0 Å². The SMILES string of the molecule is CC(C)n1c(=O)[nH]c2ccc([N+](=O)[O-])cc2c1=O. The number of benzene rings is 1. The van der Waals surface area contributed by atoms with Crippen molar-refractivity contribution in [3.8, 4) is 0 Å². The Kier molecular flexibility index (Phi) is 2.74. The van der Waals surface area contributed by atoms with Crippen LogP contribution in [-0.4, -0.2) is 14.5 Å². The van der Waals surface area contributed by atoms with Crippen molar-refractivity contribution in [2.75, 3.05) is 0 Å². The first-order valence-electron chi connectivity index (χ1n) is 5.35. The number of fused-ring (bicyclic) bond motifs is 1. The first kappa shape index (κ1) is 12.0. The number of hydrogen-bond donors (Lipinski definition) is 1. The molecule has 2 rings (SSSR count). The second-order valence-electron chi connectivity index (χ2n) is 4.19. The van der Waals surface area contributed by atoms with Gasteiger partial charge in [-0.25, -0.2) is 4.79 Å². The van der Waals surface area contributed by atoms with Crippen LogP contribution < -0.4 is 11.2 Å². The third-order valence-corrected chi connectivity index (χ3v) is 2.64. The van der Waals surface area contributed by atoms with Crippen molar-refractivity contribution in [1.82, 2.24) is 9.55 Å². The molecule has 0 saturated carbocycles. The molecule has 18 heavy (non-hydrogen) atoms. The Bertz CT molecular complexity index is 742. The summed E-state index contributed by atoms with van der Waals surface area (Å²) in [5.74, 6) is 0. The van der Waals surface area contributed by atoms with Crippen LogP contribution in [0.5, 0.6) is 0 Å². The number of rotatable bonds is 2. The van der Waals surface area contributed by atoms with Crippen molar-refractivity contribution in [3.05, 3.63) is 49.2 Å². The van der Waals surface area contributed by atoms with E-state index in [4.69, 9.17) is 0 Å². The van der Waals surface area contributed by atoms with Gasteiger partial charge in [-0.15, -0.1) is 0 Å². The van der Waals surface area contributed by atoms with Crippen LogP contribution in [0, 0.1) is 10.1 Å². The van der Waals surface area contributed by atoms with E-state index in [9.17, 15) is 19.7 Å². The van der Waals surface area contributed by atoms with Crippen LogP contribution in [-0.2, 0) is 0 Å². The molecule has 0 radical (unpaired) electrons. The van der Waals surface area contributed by atoms with Crippen LogP contribution in [0.4, 0.5) is 5.69 Å². The molecule has 7 nitrogen and oxygen atoms in total. The highest BCUT2D eigenvalue weighted by molar-refractivity contribution is 5.79. The molecule has 94 valence electrons. The standard InChI is InChI=1S/C11H11N3O4/c1-6(2)13-10(15)8-5-7(14(17)18)3-4-9(8)12-11(13)16/h3-6H,1-2H3,(H,12,16). The Morgan fingerprint density at radius 3 is 2.56 bits per heavy atom. The predicted octanol–water partition coefficient (Wildman–Crippen LogP) is 1.18. The predicted molar refractivity (Wildman–Crippen MR) is 65.9 cm³/mol. The van der Waals surface area contributed by atoms with Crippen LogP contribution in [0.15, 0.2) is 27.8 Å². The number of H-pyrrole nitrogens is 1. The van der Waals surface area contributed by atoms with E-state index in [2.05, 4.69) is 4.98 Å². The smallest absolute Gasteiger partial charge is 0.307 e. The molecule has 1 N–H and O–H groups in total. The van der Waals surface area contributed by atoms with E-state index in [1.54, 1.807) is 13.8 Å². The van der Waals surface area contributed by atoms with Crippen LogP contribution in [0.3, 0.4) is 0 Å². The maximum absolute atomic E-state index is 12.1. The Morgan fingerprint density at radius 1 is 1.33 bits per heavy atom. The molecular weight excluding hydrogens is 238 g/mol. The third kappa shape index (κ3) is 1.79. The van der Waals surface area contributed by atoms with E-state index in [-0.39, 0.29) is 17.1 Å². The van der Waals surface area contributed by atoms with Gasteiger partial charge in [-0.2, -0.15) is 0 Å². The molecule has 0 saturated heterocycles. The Morgan fingerprint density at radius 2 is 2.00 bits per heavy atom. The zero-order valence-electron chi connectivity index (χ0n) is 9.84. The summed E-state index contributed by atoms with van der Waals surface area (Å²) in [4.78, 5) is 36.4. The number of aromatic amines is 1. The van der Waals surface area contributed by atoms with E-state index in [1.807, 2.05) is 0 Å². The second-order valence-corrected chi connectivity index (χ2v) is 4.19. The van der Waals surface area contributed by atoms with Crippen molar-refractivity contribution < 1.29 is 4.92 Å². The number of hydrogen-bond acceptors (Lipinski definition) is 4. The number of nitro groups is 1. The van der Waals surface area contributed by atoms with E-state index >= 15 is 0 Å². The monoisotopic (exact) mass is 249 g/mol. The molecule has 0 bridgehead atoms. The Labute approximate surface area is 101 Å². The highest BCUT2D eigenvalue weighted by Gasteiger charge is 2.13. The highest BCUT2D eigenvalue weighted by Crippen LogP contribution is 2.15. The lowest BCUT2D eigenvalue weighted by Gasteiger charge is -2.08. The fraction of sp³-hybridized carbons (Fsp3) is 0.273. The first-order chi connectivity index (χ1) is 8.41. The van der Waals surface area contributed by atoms with Gasteiger partial charge in [0.1, 0.15) is 0 Å². The minimum Gasteiger partial charge on any atom is -0.307 e. The quantitative estimate of drug-likeness (QED) is 0.638. The summed E-state index contributed by atoms with van der Waals surface area (Å²) in [5, 5.41) is 10.8. The van der Waals surface area contributed by atoms with Gasteiger partial charge in [-0.05, 0) is 19.9 Å². The zero-order chi connectivity index (χ0) is 13.4. The third-order valence-electron chi connectivity index (χ3n) is 2.64. The van der Waals surface area contributed by atoms with Gasteiger partial charge >= 0.3 is 5.69 Å². The minimum atomic E-state index is -0.580. The Balaban J connectivity index is 2.90. The van der Waals surface area contributed by atoms with E-state index in [1.165, 1.54) is 18.2 Å². The summed E-state index contributed by atoms with van der Waals surface area (Å²) >= 11 is 0. The minimum absolute atomic E-state index is 0.137. The molecule has 0 unspecified atom stereocenters. The topological polar surface area (TPSA) is 98.0 Å². The van der Waals surface area contributed by atoms with Crippen LogP contribution in [0.2, 0.25) is 0 Å². The van der Waals surface area contributed by atoms with Gasteiger partial charge in [0.05, 0.1) is 15.8 Å². The van der Waals surface area contributed by atoms with Gasteiger partial charge in [-0.3, -0.25) is 19.5 Å². The van der Waals surface area contributed by atoms with Gasteiger partial charge in [0.15, 0.2) is 0 Å². The molecule has 0 aliphatic carbocycles. The van der Waals surface area contributed by atoms with Gasteiger partial charge in [-0.1, -0.05) is 0 Å². The number of aromatic nitrogens is 2. The normalized spacial score (nSPS) is 11.1. The highest BCUT2D eigenvalue weighted by atomic mass is 16.6. The molecule has 0 fully saturated rings. The lowest BCUT2D eigenvalue weighted by Crippen LogP contribution is -2.36. The summed E-state index contributed by atoms with van der Waals surface area (Å²) in [5.41, 5.74) is -0.918. The fourth-order valence-corrected chi connectivity index (χ4v) is 1.80. The van der Waals surface area contributed by atoms with Crippen molar-refractivity contribution in [2.45, 2.75) is 19.9 Å². The molecule has 7 heteroatoms. The van der Waals surface area contributed by atoms with Gasteiger partial charge < -0.3 is 4.98 Å². The molecule has 2 aromatic rings. The number of nitrogens with one attached hydrogen (secondary N) is 1. The molecule has 0 aliphatic rings. The van der Waals surface area contributed by atoms with E-state index in [0.717, 1.165) is 4.57 Å². The molecule has 0 atom stereocenters.